The molecular formula is C12H21BrO4. The lowest BCUT2D eigenvalue weighted by molar-refractivity contribution is -0.154. The van der Waals surface area contributed by atoms with Crippen LogP contribution in [0.5, 0.6) is 0 Å². The van der Waals surface area contributed by atoms with Crippen LogP contribution in [0.3, 0.4) is 0 Å². The monoisotopic (exact) mass is 308 g/mol. The van der Waals surface area contributed by atoms with Crippen LogP contribution in [-0.4, -0.2) is 29.0 Å². The van der Waals surface area contributed by atoms with Gasteiger partial charge in [-0.25, -0.2) is 0 Å². The molecule has 0 saturated carbocycles. The van der Waals surface area contributed by atoms with Crippen LogP contribution < -0.4 is 0 Å². The van der Waals surface area contributed by atoms with E-state index in [1.165, 1.54) is 0 Å². The number of halogens is 1. The molecule has 0 rings (SSSR count). The van der Waals surface area contributed by atoms with Crippen LogP contribution in [0.1, 0.15) is 47.0 Å². The minimum Gasteiger partial charge on any atom is -0.463 e. The molecule has 0 aromatic heterocycles. The second-order valence-corrected chi connectivity index (χ2v) is 5.14. The Morgan fingerprint density at radius 2 is 1.53 bits per heavy atom. The van der Waals surface area contributed by atoms with Gasteiger partial charge in [-0.05, 0) is 26.7 Å². The Hall–Kier alpha value is -0.580. The fourth-order valence-electron chi connectivity index (χ4n) is 0.941. The quantitative estimate of drug-likeness (QED) is 0.536. The third-order valence-electron chi connectivity index (χ3n) is 2.40. The van der Waals surface area contributed by atoms with Crippen LogP contribution in [0.15, 0.2) is 0 Å². The molecule has 4 nitrogen and oxygen atoms in total. The van der Waals surface area contributed by atoms with Crippen molar-refractivity contribution in [3.63, 3.8) is 0 Å². The zero-order valence-electron chi connectivity index (χ0n) is 10.9. The van der Waals surface area contributed by atoms with Crippen LogP contribution in [0, 0.1) is 0 Å². The molecule has 0 N–H and O–H groups in total. The van der Waals surface area contributed by atoms with Crippen molar-refractivity contribution in [2.45, 2.75) is 64.0 Å². The van der Waals surface area contributed by atoms with E-state index >= 15 is 0 Å². The van der Waals surface area contributed by atoms with Crippen molar-refractivity contribution in [2.75, 3.05) is 0 Å². The molecule has 100 valence electrons. The Balaban J connectivity index is 4.03. The average molecular weight is 309 g/mol. The highest BCUT2D eigenvalue weighted by atomic mass is 79.9. The normalized spacial score (nSPS) is 15.8. The Bertz CT molecular complexity index is 255. The second kappa shape index (κ2) is 8.50. The van der Waals surface area contributed by atoms with Gasteiger partial charge in [0.15, 0.2) is 0 Å². The van der Waals surface area contributed by atoms with E-state index in [0.29, 0.717) is 0 Å². The Kier molecular flexibility index (Phi) is 8.21. The van der Waals surface area contributed by atoms with E-state index in [1.807, 2.05) is 27.7 Å². The van der Waals surface area contributed by atoms with Crippen molar-refractivity contribution >= 4 is 27.9 Å². The standard InChI is InChI=1S/C12H21BrO4/c1-5-8(3)16-11(14)7-10(13)12(15)17-9(4)6-2/h8-10H,5-7H2,1-4H3. The molecule has 0 aliphatic rings. The summed E-state index contributed by atoms with van der Waals surface area (Å²) in [6, 6.07) is 0. The molecule has 0 bridgehead atoms. The van der Waals surface area contributed by atoms with E-state index in [-0.39, 0.29) is 24.6 Å². The highest BCUT2D eigenvalue weighted by Crippen LogP contribution is 2.12. The van der Waals surface area contributed by atoms with Crippen molar-refractivity contribution in [1.82, 2.24) is 0 Å². The Labute approximate surface area is 111 Å². The summed E-state index contributed by atoms with van der Waals surface area (Å²) in [5.41, 5.74) is 0. The molecular weight excluding hydrogens is 288 g/mol. The number of alkyl halides is 1. The van der Waals surface area contributed by atoms with Crippen LogP contribution >= 0.6 is 15.9 Å². The summed E-state index contributed by atoms with van der Waals surface area (Å²) in [5, 5.41) is 0. The fraction of sp³-hybridized carbons (Fsp3) is 0.833. The number of esters is 2. The molecule has 5 heteroatoms. The van der Waals surface area contributed by atoms with E-state index in [9.17, 15) is 9.59 Å². The van der Waals surface area contributed by atoms with Gasteiger partial charge in [0.05, 0.1) is 18.6 Å². The predicted octanol–water partition coefficient (Wildman–Crippen LogP) is 2.82. The van der Waals surface area contributed by atoms with Gasteiger partial charge in [0, 0.05) is 0 Å². The summed E-state index contributed by atoms with van der Waals surface area (Å²) in [7, 11) is 0. The highest BCUT2D eigenvalue weighted by molar-refractivity contribution is 9.10. The van der Waals surface area contributed by atoms with Gasteiger partial charge >= 0.3 is 11.9 Å². The zero-order valence-corrected chi connectivity index (χ0v) is 12.5. The summed E-state index contributed by atoms with van der Waals surface area (Å²) in [6.45, 7) is 7.49. The first kappa shape index (κ1) is 16.4. The molecule has 0 aliphatic carbocycles. The van der Waals surface area contributed by atoms with Gasteiger partial charge in [-0.3, -0.25) is 9.59 Å². The van der Waals surface area contributed by atoms with E-state index in [0.717, 1.165) is 12.8 Å². The van der Waals surface area contributed by atoms with Gasteiger partial charge in [0.2, 0.25) is 0 Å². The van der Waals surface area contributed by atoms with Gasteiger partial charge in [0.1, 0.15) is 4.83 Å². The van der Waals surface area contributed by atoms with Crippen LogP contribution in [0.2, 0.25) is 0 Å². The SMILES string of the molecule is CCC(C)OC(=O)CC(Br)C(=O)OC(C)CC. The zero-order chi connectivity index (χ0) is 13.4. The number of carbonyl (C=O) groups is 2. The second-order valence-electron chi connectivity index (χ2n) is 4.04. The number of hydrogen-bond acceptors (Lipinski definition) is 4. The summed E-state index contributed by atoms with van der Waals surface area (Å²) in [5.74, 6) is -0.803. The molecule has 0 fully saturated rings. The van der Waals surface area contributed by atoms with Crippen molar-refractivity contribution in [1.29, 1.82) is 0 Å². The van der Waals surface area contributed by atoms with E-state index < -0.39 is 10.8 Å². The average Bonchev–Trinajstić information content (AvgIpc) is 2.28. The largest absolute Gasteiger partial charge is 0.463 e. The minimum absolute atomic E-state index is 0.000389. The lowest BCUT2D eigenvalue weighted by Gasteiger charge is -2.15. The Morgan fingerprint density at radius 1 is 1.06 bits per heavy atom. The van der Waals surface area contributed by atoms with Gasteiger partial charge in [-0.2, -0.15) is 0 Å². The topological polar surface area (TPSA) is 52.6 Å². The van der Waals surface area contributed by atoms with Crippen molar-refractivity contribution in [2.24, 2.45) is 0 Å². The first-order valence-corrected chi connectivity index (χ1v) is 6.86. The van der Waals surface area contributed by atoms with E-state index in [1.54, 1.807) is 0 Å². The van der Waals surface area contributed by atoms with Gasteiger partial charge in [-0.1, -0.05) is 29.8 Å². The van der Waals surface area contributed by atoms with Crippen molar-refractivity contribution < 1.29 is 19.1 Å². The molecule has 0 heterocycles. The third kappa shape index (κ3) is 7.36. The van der Waals surface area contributed by atoms with Crippen LogP contribution in [0.4, 0.5) is 0 Å². The van der Waals surface area contributed by atoms with Gasteiger partial charge < -0.3 is 9.47 Å². The third-order valence-corrected chi connectivity index (χ3v) is 3.10. The number of ether oxygens (including phenoxy) is 2. The molecule has 3 atom stereocenters. The molecule has 17 heavy (non-hydrogen) atoms. The molecule has 0 radical (unpaired) electrons. The minimum atomic E-state index is -0.631. The maximum atomic E-state index is 11.5. The molecule has 3 unspecified atom stereocenters. The predicted molar refractivity (Wildman–Crippen MR) is 69.0 cm³/mol. The number of carbonyl (C=O) groups excluding carboxylic acids is 2. The lowest BCUT2D eigenvalue weighted by Crippen LogP contribution is -2.26. The summed E-state index contributed by atoms with van der Waals surface area (Å²) in [4.78, 5) is 22.3. The fourth-order valence-corrected chi connectivity index (χ4v) is 1.31. The maximum Gasteiger partial charge on any atom is 0.320 e. The lowest BCUT2D eigenvalue weighted by atomic mass is 10.3. The molecule has 0 aliphatic heterocycles. The summed E-state index contributed by atoms with van der Waals surface area (Å²) in [6.07, 6.45) is 1.26. The van der Waals surface area contributed by atoms with Crippen molar-refractivity contribution in [3.8, 4) is 0 Å². The summed E-state index contributed by atoms with van der Waals surface area (Å²) >= 11 is 3.14. The van der Waals surface area contributed by atoms with Crippen molar-refractivity contribution in [3.05, 3.63) is 0 Å². The van der Waals surface area contributed by atoms with Gasteiger partial charge in [0.25, 0.3) is 0 Å². The number of rotatable bonds is 7. The maximum absolute atomic E-state index is 11.5. The van der Waals surface area contributed by atoms with Crippen LogP contribution in [0.25, 0.3) is 0 Å². The molecule has 0 aromatic carbocycles. The highest BCUT2D eigenvalue weighted by Gasteiger charge is 2.23. The van der Waals surface area contributed by atoms with E-state index in [4.69, 9.17) is 9.47 Å². The Morgan fingerprint density at radius 3 is 2.00 bits per heavy atom. The summed E-state index contributed by atoms with van der Waals surface area (Å²) < 4.78 is 10.2. The first-order valence-electron chi connectivity index (χ1n) is 5.94. The first-order chi connectivity index (χ1) is 7.90. The molecule has 0 aromatic rings. The number of hydrogen-bond donors (Lipinski definition) is 0. The van der Waals surface area contributed by atoms with Crippen LogP contribution in [-0.2, 0) is 19.1 Å². The van der Waals surface area contributed by atoms with Gasteiger partial charge in [-0.15, -0.1) is 0 Å². The smallest absolute Gasteiger partial charge is 0.320 e. The molecule has 0 saturated heterocycles. The van der Waals surface area contributed by atoms with E-state index in [2.05, 4.69) is 15.9 Å². The molecule has 0 spiro atoms. The molecule has 0 amide bonds.